The van der Waals surface area contributed by atoms with Crippen LogP contribution in [0.5, 0.6) is 5.88 Å². The Hall–Kier alpha value is -2.15. The molecular formula is C20H29N3O4. The van der Waals surface area contributed by atoms with E-state index in [1.54, 1.807) is 6.07 Å². The van der Waals surface area contributed by atoms with Gasteiger partial charge < -0.3 is 20.5 Å². The first-order valence-electron chi connectivity index (χ1n) is 9.79. The predicted octanol–water partition coefficient (Wildman–Crippen LogP) is 2.15. The zero-order valence-corrected chi connectivity index (χ0v) is 16.1. The number of pyridine rings is 1. The maximum Gasteiger partial charge on any atom is 0.270 e. The molecule has 1 aromatic heterocycles. The molecule has 2 fully saturated rings. The fourth-order valence-corrected chi connectivity index (χ4v) is 3.30. The van der Waals surface area contributed by atoms with Gasteiger partial charge in [0.2, 0.25) is 11.8 Å². The molecule has 0 bridgehead atoms. The highest BCUT2D eigenvalue weighted by molar-refractivity contribution is 5.96. The fraction of sp³-hybridized carbons (Fsp3) is 0.650. The third kappa shape index (κ3) is 5.42. The second-order valence-electron chi connectivity index (χ2n) is 7.87. The predicted molar refractivity (Wildman–Crippen MR) is 101 cm³/mol. The van der Waals surface area contributed by atoms with Gasteiger partial charge in [-0.3, -0.25) is 9.59 Å². The lowest BCUT2D eigenvalue weighted by Crippen LogP contribution is -2.45. The second kappa shape index (κ2) is 8.69. The number of aromatic nitrogens is 1. The molecule has 1 aliphatic heterocycles. The Kier molecular flexibility index (Phi) is 6.31. The van der Waals surface area contributed by atoms with Gasteiger partial charge in [0.05, 0.1) is 6.10 Å². The zero-order chi connectivity index (χ0) is 19.4. The molecule has 2 unspecified atom stereocenters. The highest BCUT2D eigenvalue weighted by Gasteiger charge is 2.29. The average molecular weight is 375 g/mol. The quantitative estimate of drug-likeness (QED) is 0.688. The molecule has 0 spiro atoms. The third-order valence-corrected chi connectivity index (χ3v) is 4.93. The third-order valence-electron chi connectivity index (χ3n) is 4.93. The van der Waals surface area contributed by atoms with E-state index < -0.39 is 17.9 Å². The van der Waals surface area contributed by atoms with E-state index in [4.69, 9.17) is 15.2 Å². The van der Waals surface area contributed by atoms with Gasteiger partial charge in [0, 0.05) is 12.2 Å². The standard InChI is InChI=1S/C20H29N3O4/c1-12(2)10-17(18(21)24)22-19(25)16-8-7-15(13-5-6-13)20(23-16)27-11-14-4-3-9-26-14/h7-8,12-14,17H,3-6,9-11H2,1-2H3,(H2,21,24)(H,22,25). The molecule has 0 aromatic carbocycles. The molecule has 7 nitrogen and oxygen atoms in total. The Morgan fingerprint density at radius 1 is 1.33 bits per heavy atom. The van der Waals surface area contributed by atoms with E-state index in [2.05, 4.69) is 10.3 Å². The smallest absolute Gasteiger partial charge is 0.270 e. The number of carbonyl (C=O) groups is 2. The van der Waals surface area contributed by atoms with Gasteiger partial charge in [0.15, 0.2) is 0 Å². The summed E-state index contributed by atoms with van der Waals surface area (Å²) in [7, 11) is 0. The van der Waals surface area contributed by atoms with Crippen LogP contribution in [-0.4, -0.2) is 42.2 Å². The first-order valence-corrected chi connectivity index (χ1v) is 9.79. The molecule has 1 saturated carbocycles. The van der Waals surface area contributed by atoms with Crippen LogP contribution in [0.3, 0.4) is 0 Å². The summed E-state index contributed by atoms with van der Waals surface area (Å²) in [5, 5.41) is 2.70. The van der Waals surface area contributed by atoms with Gasteiger partial charge in [-0.25, -0.2) is 4.98 Å². The van der Waals surface area contributed by atoms with Crippen LogP contribution >= 0.6 is 0 Å². The number of nitrogens with two attached hydrogens (primary N) is 1. The minimum Gasteiger partial charge on any atom is -0.475 e. The van der Waals surface area contributed by atoms with Crippen LogP contribution in [0.2, 0.25) is 0 Å². The summed E-state index contributed by atoms with van der Waals surface area (Å²) in [4.78, 5) is 28.7. The van der Waals surface area contributed by atoms with E-state index in [9.17, 15) is 9.59 Å². The second-order valence-corrected chi connectivity index (χ2v) is 7.87. The van der Waals surface area contributed by atoms with Crippen molar-refractivity contribution in [1.82, 2.24) is 10.3 Å². The van der Waals surface area contributed by atoms with Crippen molar-refractivity contribution in [2.75, 3.05) is 13.2 Å². The Bertz CT molecular complexity index is 682. The summed E-state index contributed by atoms with van der Waals surface area (Å²) >= 11 is 0. The van der Waals surface area contributed by atoms with Crippen LogP contribution in [0, 0.1) is 5.92 Å². The van der Waals surface area contributed by atoms with Crippen molar-refractivity contribution in [2.24, 2.45) is 11.7 Å². The summed E-state index contributed by atoms with van der Waals surface area (Å²) in [5.41, 5.74) is 6.69. The number of hydrogen-bond acceptors (Lipinski definition) is 5. The summed E-state index contributed by atoms with van der Waals surface area (Å²) in [6.07, 6.45) is 4.83. The molecule has 3 N–H and O–H groups in total. The Balaban J connectivity index is 1.71. The normalized spacial score (nSPS) is 20.5. The molecular weight excluding hydrogens is 346 g/mol. The van der Waals surface area contributed by atoms with Gasteiger partial charge in [-0.1, -0.05) is 19.9 Å². The topological polar surface area (TPSA) is 104 Å². The van der Waals surface area contributed by atoms with Crippen LogP contribution in [-0.2, 0) is 9.53 Å². The maximum atomic E-state index is 12.6. The van der Waals surface area contributed by atoms with E-state index in [0.29, 0.717) is 24.8 Å². The van der Waals surface area contributed by atoms with Gasteiger partial charge in [-0.05, 0) is 50.0 Å². The van der Waals surface area contributed by atoms with Crippen molar-refractivity contribution in [3.63, 3.8) is 0 Å². The largest absolute Gasteiger partial charge is 0.475 e. The van der Waals surface area contributed by atoms with Crippen molar-refractivity contribution < 1.29 is 19.1 Å². The number of amides is 2. The van der Waals surface area contributed by atoms with Crippen LogP contribution in [0.15, 0.2) is 12.1 Å². The molecule has 1 aliphatic carbocycles. The number of primary amides is 1. The molecule has 1 saturated heterocycles. The van der Waals surface area contributed by atoms with E-state index in [1.807, 2.05) is 19.9 Å². The van der Waals surface area contributed by atoms with Crippen LogP contribution in [0.4, 0.5) is 0 Å². The van der Waals surface area contributed by atoms with E-state index in [0.717, 1.165) is 37.9 Å². The molecule has 7 heteroatoms. The highest BCUT2D eigenvalue weighted by Crippen LogP contribution is 2.43. The molecule has 2 aliphatic rings. The van der Waals surface area contributed by atoms with Crippen molar-refractivity contribution >= 4 is 11.8 Å². The summed E-state index contributed by atoms with van der Waals surface area (Å²) in [5.74, 6) is 0.233. The summed E-state index contributed by atoms with van der Waals surface area (Å²) in [6, 6.07) is 2.89. The molecule has 2 amide bonds. The maximum absolute atomic E-state index is 12.6. The van der Waals surface area contributed by atoms with Gasteiger partial charge in [0.1, 0.15) is 18.3 Å². The number of rotatable bonds is 9. The lowest BCUT2D eigenvalue weighted by Gasteiger charge is -2.18. The van der Waals surface area contributed by atoms with Crippen LogP contribution in [0.1, 0.15) is 67.9 Å². The summed E-state index contributed by atoms with van der Waals surface area (Å²) in [6.45, 7) is 5.16. The fourth-order valence-electron chi connectivity index (χ4n) is 3.30. The number of nitrogens with zero attached hydrogens (tertiary/aromatic N) is 1. The SMILES string of the molecule is CC(C)CC(NC(=O)c1ccc(C2CC2)c(OCC2CCCO2)n1)C(N)=O. The van der Waals surface area contributed by atoms with Crippen molar-refractivity contribution in [1.29, 1.82) is 0 Å². The Morgan fingerprint density at radius 2 is 2.11 bits per heavy atom. The highest BCUT2D eigenvalue weighted by atomic mass is 16.5. The molecule has 27 heavy (non-hydrogen) atoms. The monoisotopic (exact) mass is 375 g/mol. The van der Waals surface area contributed by atoms with E-state index >= 15 is 0 Å². The lowest BCUT2D eigenvalue weighted by atomic mass is 10.0. The molecule has 1 aromatic rings. The molecule has 3 rings (SSSR count). The van der Waals surface area contributed by atoms with Gasteiger partial charge in [-0.2, -0.15) is 0 Å². The lowest BCUT2D eigenvalue weighted by molar-refractivity contribution is -0.120. The van der Waals surface area contributed by atoms with Gasteiger partial charge in [0.25, 0.3) is 5.91 Å². The average Bonchev–Trinajstić information content (AvgIpc) is 3.34. The number of ether oxygens (including phenoxy) is 2. The first-order chi connectivity index (χ1) is 12.9. The van der Waals surface area contributed by atoms with Crippen LogP contribution < -0.4 is 15.8 Å². The Labute approximate surface area is 160 Å². The van der Waals surface area contributed by atoms with Crippen LogP contribution in [0.25, 0.3) is 0 Å². The molecule has 2 heterocycles. The Morgan fingerprint density at radius 3 is 2.70 bits per heavy atom. The number of hydrogen-bond donors (Lipinski definition) is 2. The minimum absolute atomic E-state index is 0.0848. The number of carbonyl (C=O) groups excluding carboxylic acids is 2. The van der Waals surface area contributed by atoms with Crippen molar-refractivity contribution in [3.8, 4) is 5.88 Å². The van der Waals surface area contributed by atoms with Gasteiger partial charge in [-0.15, -0.1) is 0 Å². The molecule has 2 atom stereocenters. The zero-order valence-electron chi connectivity index (χ0n) is 16.1. The van der Waals surface area contributed by atoms with Gasteiger partial charge >= 0.3 is 0 Å². The summed E-state index contributed by atoms with van der Waals surface area (Å²) < 4.78 is 11.5. The molecule has 148 valence electrons. The number of nitrogens with one attached hydrogen (secondary N) is 1. The molecule has 0 radical (unpaired) electrons. The minimum atomic E-state index is -0.710. The first kappa shape index (κ1) is 19.6. The van der Waals surface area contributed by atoms with E-state index in [-0.39, 0.29) is 17.7 Å². The van der Waals surface area contributed by atoms with Crippen molar-refractivity contribution in [3.05, 3.63) is 23.4 Å². The van der Waals surface area contributed by atoms with Crippen molar-refractivity contribution in [2.45, 2.75) is 64.0 Å². The van der Waals surface area contributed by atoms with E-state index in [1.165, 1.54) is 0 Å².